The number of carbonyl (C=O) groups is 2. The highest BCUT2D eigenvalue weighted by molar-refractivity contribution is 6.02. The van der Waals surface area contributed by atoms with Gasteiger partial charge in [0.15, 0.2) is 5.82 Å². The number of amides is 2. The third-order valence-electron chi connectivity index (χ3n) is 7.19. The molecule has 0 spiro atoms. The molecule has 2 aromatic heterocycles. The minimum atomic E-state index is -0.641. The minimum absolute atomic E-state index is 0.0184. The fourth-order valence-electron chi connectivity index (χ4n) is 4.79. The Morgan fingerprint density at radius 1 is 1.08 bits per heavy atom. The molecule has 1 aromatic carbocycles. The van der Waals surface area contributed by atoms with Gasteiger partial charge in [0, 0.05) is 44.1 Å². The molecule has 9 heteroatoms. The van der Waals surface area contributed by atoms with Crippen LogP contribution in [0.3, 0.4) is 0 Å². The van der Waals surface area contributed by atoms with E-state index in [0.29, 0.717) is 12.8 Å². The maximum absolute atomic E-state index is 12.3. The van der Waals surface area contributed by atoms with E-state index >= 15 is 0 Å². The topological polar surface area (TPSA) is 110 Å². The summed E-state index contributed by atoms with van der Waals surface area (Å²) in [6, 6.07) is 12.6. The fraction of sp³-hybridized carbons (Fsp3) is 0.370. The zero-order valence-corrected chi connectivity index (χ0v) is 20.1. The third kappa shape index (κ3) is 4.99. The molecule has 0 unspecified atom stereocenters. The first-order valence-corrected chi connectivity index (χ1v) is 12.2. The first-order chi connectivity index (χ1) is 17.5. The van der Waals surface area contributed by atoms with Crippen LogP contribution in [0.5, 0.6) is 0 Å². The van der Waals surface area contributed by atoms with Crippen molar-refractivity contribution in [1.82, 2.24) is 19.7 Å². The number of anilines is 1. The lowest BCUT2D eigenvalue weighted by atomic mass is 9.87. The Hall–Kier alpha value is -4.03. The number of nitrogens with two attached hydrogens (primary N) is 1. The summed E-state index contributed by atoms with van der Waals surface area (Å²) in [4.78, 5) is 34.5. The zero-order valence-electron chi connectivity index (χ0n) is 20.1. The molecule has 1 aliphatic heterocycles. The van der Waals surface area contributed by atoms with Gasteiger partial charge in [0.2, 0.25) is 12.5 Å². The summed E-state index contributed by atoms with van der Waals surface area (Å²) in [6.45, 7) is 10.2. The SMILES string of the molecule is [C-]#[N+]CC1(n2cc(C(N)=O)c(NC(=O)C3CC3)n2)CCN(Cc2ccc(-c3ccncc3)cc2)CC1. The quantitative estimate of drug-likeness (QED) is 0.478. The van der Waals surface area contributed by atoms with Gasteiger partial charge in [-0.3, -0.25) is 24.2 Å². The number of pyridine rings is 1. The molecule has 3 aromatic rings. The van der Waals surface area contributed by atoms with Crippen LogP contribution in [0.2, 0.25) is 0 Å². The lowest BCUT2D eigenvalue weighted by molar-refractivity contribution is -0.117. The van der Waals surface area contributed by atoms with Crippen molar-refractivity contribution in [3.05, 3.63) is 77.5 Å². The van der Waals surface area contributed by atoms with Gasteiger partial charge in [0.25, 0.3) is 5.91 Å². The highest BCUT2D eigenvalue weighted by Gasteiger charge is 2.41. The summed E-state index contributed by atoms with van der Waals surface area (Å²) < 4.78 is 1.70. The summed E-state index contributed by atoms with van der Waals surface area (Å²) in [5.41, 5.74) is 8.75. The molecule has 36 heavy (non-hydrogen) atoms. The van der Waals surface area contributed by atoms with Gasteiger partial charge in [-0.25, -0.2) is 6.57 Å². The van der Waals surface area contributed by atoms with E-state index in [1.165, 1.54) is 5.56 Å². The maximum atomic E-state index is 12.3. The Balaban J connectivity index is 1.28. The number of likely N-dealkylation sites (tertiary alicyclic amines) is 1. The molecule has 0 bridgehead atoms. The maximum Gasteiger partial charge on any atom is 0.254 e. The molecular weight excluding hydrogens is 454 g/mol. The molecule has 1 aliphatic carbocycles. The van der Waals surface area contributed by atoms with Crippen LogP contribution in [0.25, 0.3) is 16.0 Å². The monoisotopic (exact) mass is 483 g/mol. The Morgan fingerprint density at radius 3 is 2.36 bits per heavy atom. The van der Waals surface area contributed by atoms with Gasteiger partial charge >= 0.3 is 0 Å². The van der Waals surface area contributed by atoms with Crippen LogP contribution in [-0.4, -0.2) is 51.1 Å². The van der Waals surface area contributed by atoms with Crippen molar-refractivity contribution in [2.45, 2.75) is 37.8 Å². The van der Waals surface area contributed by atoms with E-state index in [1.807, 2.05) is 12.1 Å². The predicted octanol–water partition coefficient (Wildman–Crippen LogP) is 3.30. The number of benzene rings is 1. The number of rotatable bonds is 8. The van der Waals surface area contributed by atoms with E-state index in [-0.39, 0.29) is 29.8 Å². The van der Waals surface area contributed by atoms with Gasteiger partial charge in [-0.15, -0.1) is 0 Å². The van der Waals surface area contributed by atoms with E-state index in [9.17, 15) is 9.59 Å². The van der Waals surface area contributed by atoms with Crippen molar-refractivity contribution in [2.24, 2.45) is 11.7 Å². The summed E-state index contributed by atoms with van der Waals surface area (Å²) in [5.74, 6) is -0.597. The summed E-state index contributed by atoms with van der Waals surface area (Å²) in [5, 5.41) is 7.33. The molecule has 2 aliphatic rings. The third-order valence-corrected chi connectivity index (χ3v) is 7.19. The highest BCUT2D eigenvalue weighted by atomic mass is 16.2. The van der Waals surface area contributed by atoms with Gasteiger partial charge in [0.05, 0.1) is 0 Å². The molecule has 2 fully saturated rings. The van der Waals surface area contributed by atoms with Crippen LogP contribution in [0.15, 0.2) is 55.0 Å². The lowest BCUT2D eigenvalue weighted by Gasteiger charge is -2.38. The van der Waals surface area contributed by atoms with Crippen LogP contribution in [0, 0.1) is 12.5 Å². The van der Waals surface area contributed by atoms with Gasteiger partial charge in [-0.2, -0.15) is 5.10 Å². The van der Waals surface area contributed by atoms with Crippen molar-refractivity contribution >= 4 is 17.6 Å². The summed E-state index contributed by atoms with van der Waals surface area (Å²) >= 11 is 0. The Morgan fingerprint density at radius 2 is 1.75 bits per heavy atom. The highest BCUT2D eigenvalue weighted by Crippen LogP contribution is 2.34. The Labute approximate surface area is 210 Å². The van der Waals surface area contributed by atoms with Crippen molar-refractivity contribution in [2.75, 3.05) is 25.0 Å². The van der Waals surface area contributed by atoms with Crippen molar-refractivity contribution in [3.8, 4) is 11.1 Å². The van der Waals surface area contributed by atoms with Gasteiger partial charge in [-0.05, 0) is 54.5 Å². The predicted molar refractivity (Wildman–Crippen MR) is 136 cm³/mol. The molecule has 0 radical (unpaired) electrons. The van der Waals surface area contributed by atoms with Crippen molar-refractivity contribution in [1.29, 1.82) is 0 Å². The number of nitrogens with one attached hydrogen (secondary N) is 1. The first kappa shape index (κ1) is 23.7. The number of carbonyl (C=O) groups excluding carboxylic acids is 2. The number of nitrogens with zero attached hydrogens (tertiary/aromatic N) is 5. The fourth-order valence-corrected chi connectivity index (χ4v) is 4.79. The molecule has 9 nitrogen and oxygen atoms in total. The van der Waals surface area contributed by atoms with Crippen molar-refractivity contribution in [3.63, 3.8) is 0 Å². The standard InChI is InChI=1S/C27H29N7O2/c1-29-18-27(34-17-23(24(28)35)25(32-34)31-26(36)22-6-7-22)10-14-33(15-11-27)16-19-2-4-20(5-3-19)21-8-12-30-13-9-21/h2-5,8-9,12-13,17,22H,6-7,10-11,14-16,18H2,(H2,28,35)(H,31,32,36). The number of primary amides is 1. The average Bonchev–Trinajstić information content (AvgIpc) is 3.66. The van der Waals surface area contributed by atoms with E-state index in [1.54, 1.807) is 23.3 Å². The number of aromatic nitrogens is 3. The second-order valence-corrected chi connectivity index (χ2v) is 9.71. The second-order valence-electron chi connectivity index (χ2n) is 9.71. The first-order valence-electron chi connectivity index (χ1n) is 12.2. The van der Waals surface area contributed by atoms with E-state index < -0.39 is 11.4 Å². The average molecular weight is 484 g/mol. The normalized spacial score (nSPS) is 17.3. The molecule has 2 amide bonds. The van der Waals surface area contributed by atoms with Crippen LogP contribution in [-0.2, 0) is 16.9 Å². The number of piperidine rings is 1. The van der Waals surface area contributed by atoms with Crippen LogP contribution in [0.1, 0.15) is 41.6 Å². The van der Waals surface area contributed by atoms with E-state index in [4.69, 9.17) is 12.3 Å². The molecule has 0 atom stereocenters. The summed E-state index contributed by atoms with van der Waals surface area (Å²) in [6.07, 6.45) is 8.31. The van der Waals surface area contributed by atoms with Crippen LogP contribution in [0.4, 0.5) is 5.82 Å². The van der Waals surface area contributed by atoms with Gasteiger partial charge < -0.3 is 15.9 Å². The van der Waals surface area contributed by atoms with Gasteiger partial charge in [-0.1, -0.05) is 24.3 Å². The van der Waals surface area contributed by atoms with E-state index in [2.05, 4.69) is 49.4 Å². The Bertz CT molecular complexity index is 1280. The van der Waals surface area contributed by atoms with Crippen molar-refractivity contribution < 1.29 is 9.59 Å². The van der Waals surface area contributed by atoms with Gasteiger partial charge in [0.1, 0.15) is 11.1 Å². The lowest BCUT2D eigenvalue weighted by Crippen LogP contribution is -2.47. The zero-order chi connectivity index (χ0) is 25.1. The number of hydrogen-bond acceptors (Lipinski definition) is 5. The van der Waals surface area contributed by atoms with Crippen LogP contribution < -0.4 is 11.1 Å². The molecule has 1 saturated heterocycles. The second kappa shape index (κ2) is 9.91. The largest absolute Gasteiger partial charge is 0.365 e. The molecule has 3 N–H and O–H groups in total. The van der Waals surface area contributed by atoms with E-state index in [0.717, 1.165) is 43.6 Å². The molecular formula is C27H29N7O2. The minimum Gasteiger partial charge on any atom is -0.365 e. The smallest absolute Gasteiger partial charge is 0.254 e. The Kier molecular flexibility index (Phi) is 6.53. The molecule has 1 saturated carbocycles. The van der Waals surface area contributed by atoms with Crippen LogP contribution >= 0.6 is 0 Å². The molecule has 3 heterocycles. The molecule has 5 rings (SSSR count). The molecule has 184 valence electrons. The number of hydrogen-bond donors (Lipinski definition) is 2. The summed E-state index contributed by atoms with van der Waals surface area (Å²) in [7, 11) is 0.